The number of hydrogen-bond donors (Lipinski definition) is 2. The van der Waals surface area contributed by atoms with E-state index in [1.165, 1.54) is 17.0 Å². The number of amides is 1. The van der Waals surface area contributed by atoms with Gasteiger partial charge in [-0.15, -0.1) is 0 Å². The van der Waals surface area contributed by atoms with Crippen LogP contribution in [0.5, 0.6) is 5.75 Å². The van der Waals surface area contributed by atoms with E-state index < -0.39 is 11.4 Å². The average molecular weight is 291 g/mol. The molecule has 5 nitrogen and oxygen atoms in total. The fourth-order valence-corrected chi connectivity index (χ4v) is 2.92. The number of phenolic OH excluding ortho intramolecular Hbond substituents is 1. The van der Waals surface area contributed by atoms with Gasteiger partial charge in [0.25, 0.3) is 0 Å². The standard InChI is InChI=1S/C16H21NO4/c1-16(9-3-2-4-10-16)15(21)17(11-14(19)20)12-5-7-13(18)8-6-12/h5-8,18H,2-4,9-11H2,1H3,(H,19,20). The second-order valence-corrected chi connectivity index (χ2v) is 5.92. The van der Waals surface area contributed by atoms with Gasteiger partial charge in [-0.2, -0.15) is 0 Å². The number of carboxylic acids is 1. The first-order valence-electron chi connectivity index (χ1n) is 7.25. The molecule has 0 atom stereocenters. The Balaban J connectivity index is 2.28. The number of aliphatic carboxylic acids is 1. The molecule has 0 bridgehead atoms. The Morgan fingerprint density at radius 1 is 1.14 bits per heavy atom. The minimum atomic E-state index is -1.05. The average Bonchev–Trinajstić information content (AvgIpc) is 2.46. The van der Waals surface area contributed by atoms with Crippen molar-refractivity contribution in [3.8, 4) is 5.75 Å². The molecule has 1 aromatic carbocycles. The van der Waals surface area contributed by atoms with Crippen LogP contribution in [0.2, 0.25) is 0 Å². The molecular weight excluding hydrogens is 270 g/mol. The van der Waals surface area contributed by atoms with Crippen LogP contribution < -0.4 is 4.90 Å². The number of carbonyl (C=O) groups is 2. The smallest absolute Gasteiger partial charge is 0.323 e. The van der Waals surface area contributed by atoms with Crippen molar-refractivity contribution in [1.82, 2.24) is 0 Å². The molecule has 0 saturated heterocycles. The summed E-state index contributed by atoms with van der Waals surface area (Å²) in [7, 11) is 0. The van der Waals surface area contributed by atoms with E-state index in [1.807, 2.05) is 6.92 Å². The zero-order valence-electron chi connectivity index (χ0n) is 12.2. The number of carbonyl (C=O) groups excluding carboxylic acids is 1. The van der Waals surface area contributed by atoms with Crippen LogP contribution in [-0.2, 0) is 9.59 Å². The summed E-state index contributed by atoms with van der Waals surface area (Å²) in [6.45, 7) is 1.56. The van der Waals surface area contributed by atoms with Gasteiger partial charge < -0.3 is 15.1 Å². The lowest BCUT2D eigenvalue weighted by Crippen LogP contribution is -2.45. The highest BCUT2D eigenvalue weighted by molar-refractivity contribution is 6.00. The second-order valence-electron chi connectivity index (χ2n) is 5.92. The van der Waals surface area contributed by atoms with Gasteiger partial charge in [-0.25, -0.2) is 0 Å². The van der Waals surface area contributed by atoms with E-state index in [-0.39, 0.29) is 18.2 Å². The molecule has 21 heavy (non-hydrogen) atoms. The molecule has 1 aliphatic carbocycles. The maximum absolute atomic E-state index is 12.8. The lowest BCUT2D eigenvalue weighted by atomic mass is 9.74. The molecule has 1 fully saturated rings. The highest BCUT2D eigenvalue weighted by atomic mass is 16.4. The van der Waals surface area contributed by atoms with E-state index in [0.29, 0.717) is 5.69 Å². The molecule has 1 aromatic rings. The minimum absolute atomic E-state index is 0.0883. The van der Waals surface area contributed by atoms with Gasteiger partial charge in [0.1, 0.15) is 12.3 Å². The van der Waals surface area contributed by atoms with Crippen molar-refractivity contribution in [3.05, 3.63) is 24.3 Å². The Bertz CT molecular complexity index is 518. The van der Waals surface area contributed by atoms with E-state index in [4.69, 9.17) is 5.11 Å². The monoisotopic (exact) mass is 291 g/mol. The van der Waals surface area contributed by atoms with Gasteiger partial charge in [-0.3, -0.25) is 9.59 Å². The minimum Gasteiger partial charge on any atom is -0.508 e. The van der Waals surface area contributed by atoms with Gasteiger partial charge >= 0.3 is 5.97 Å². The molecule has 114 valence electrons. The van der Waals surface area contributed by atoms with Gasteiger partial charge in [0, 0.05) is 11.1 Å². The first-order chi connectivity index (χ1) is 9.92. The normalized spacial score (nSPS) is 17.2. The molecule has 1 aliphatic rings. The summed E-state index contributed by atoms with van der Waals surface area (Å²) in [5.74, 6) is -1.10. The highest BCUT2D eigenvalue weighted by Gasteiger charge is 2.38. The second kappa shape index (κ2) is 6.16. The van der Waals surface area contributed by atoms with E-state index in [2.05, 4.69) is 0 Å². The van der Waals surface area contributed by atoms with Gasteiger partial charge in [-0.05, 0) is 37.1 Å². The summed E-state index contributed by atoms with van der Waals surface area (Å²) in [6.07, 6.45) is 4.71. The molecule has 0 radical (unpaired) electrons. The van der Waals surface area contributed by atoms with E-state index >= 15 is 0 Å². The third-order valence-electron chi connectivity index (χ3n) is 4.17. The lowest BCUT2D eigenvalue weighted by Gasteiger charge is -2.36. The molecule has 2 rings (SSSR count). The Morgan fingerprint density at radius 2 is 1.71 bits per heavy atom. The number of anilines is 1. The first kappa shape index (κ1) is 15.4. The predicted molar refractivity (Wildman–Crippen MR) is 79.3 cm³/mol. The number of phenols is 1. The summed E-state index contributed by atoms with van der Waals surface area (Å²) in [6, 6.07) is 6.06. The number of rotatable bonds is 4. The zero-order valence-corrected chi connectivity index (χ0v) is 12.2. The summed E-state index contributed by atoms with van der Waals surface area (Å²) >= 11 is 0. The van der Waals surface area contributed by atoms with Crippen LogP contribution in [0.1, 0.15) is 39.0 Å². The van der Waals surface area contributed by atoms with Crippen molar-refractivity contribution in [2.75, 3.05) is 11.4 Å². The molecule has 0 aromatic heterocycles. The predicted octanol–water partition coefficient (Wildman–Crippen LogP) is 2.78. The third kappa shape index (κ3) is 3.54. The third-order valence-corrected chi connectivity index (χ3v) is 4.17. The molecule has 0 aliphatic heterocycles. The van der Waals surface area contributed by atoms with Gasteiger partial charge in [0.2, 0.25) is 5.91 Å². The quantitative estimate of drug-likeness (QED) is 0.894. The SMILES string of the molecule is CC1(C(=O)N(CC(=O)O)c2ccc(O)cc2)CCCCC1. The van der Waals surface area contributed by atoms with Crippen LogP contribution >= 0.6 is 0 Å². The fraction of sp³-hybridized carbons (Fsp3) is 0.500. The summed E-state index contributed by atoms with van der Waals surface area (Å²) in [5, 5.41) is 18.4. The van der Waals surface area contributed by atoms with Crippen molar-refractivity contribution in [1.29, 1.82) is 0 Å². The van der Waals surface area contributed by atoms with Crippen molar-refractivity contribution in [2.45, 2.75) is 39.0 Å². The van der Waals surface area contributed by atoms with E-state index in [0.717, 1.165) is 32.1 Å². The topological polar surface area (TPSA) is 77.8 Å². The molecular formula is C16H21NO4. The van der Waals surface area contributed by atoms with Crippen LogP contribution in [0, 0.1) is 5.41 Å². The molecule has 0 unspecified atom stereocenters. The van der Waals surface area contributed by atoms with Gasteiger partial charge in [0.15, 0.2) is 0 Å². The van der Waals surface area contributed by atoms with Gasteiger partial charge in [0.05, 0.1) is 0 Å². The summed E-state index contributed by atoms with van der Waals surface area (Å²) in [5.41, 5.74) is 0.0120. The molecule has 1 amide bonds. The highest BCUT2D eigenvalue weighted by Crippen LogP contribution is 2.38. The fourth-order valence-electron chi connectivity index (χ4n) is 2.92. The Hall–Kier alpha value is -2.04. The van der Waals surface area contributed by atoms with Crippen molar-refractivity contribution in [3.63, 3.8) is 0 Å². The Morgan fingerprint density at radius 3 is 2.24 bits per heavy atom. The van der Waals surface area contributed by atoms with Crippen LogP contribution in [0.25, 0.3) is 0 Å². The molecule has 0 heterocycles. The number of carboxylic acid groups (broad SMARTS) is 1. The summed E-state index contributed by atoms with van der Waals surface area (Å²) < 4.78 is 0. The zero-order chi connectivity index (χ0) is 15.5. The van der Waals surface area contributed by atoms with Crippen LogP contribution in [-0.4, -0.2) is 28.6 Å². The first-order valence-corrected chi connectivity index (χ1v) is 7.25. The number of aromatic hydroxyl groups is 1. The Labute approximate surface area is 124 Å². The number of benzene rings is 1. The van der Waals surface area contributed by atoms with Crippen LogP contribution in [0.3, 0.4) is 0 Å². The number of nitrogens with zero attached hydrogens (tertiary/aromatic N) is 1. The van der Waals surface area contributed by atoms with Gasteiger partial charge in [-0.1, -0.05) is 26.2 Å². The lowest BCUT2D eigenvalue weighted by molar-refractivity contribution is -0.138. The summed E-state index contributed by atoms with van der Waals surface area (Å²) in [4.78, 5) is 25.3. The number of hydrogen-bond acceptors (Lipinski definition) is 3. The van der Waals surface area contributed by atoms with E-state index in [9.17, 15) is 14.7 Å². The Kier molecular flexibility index (Phi) is 4.50. The maximum atomic E-state index is 12.8. The molecule has 5 heteroatoms. The van der Waals surface area contributed by atoms with Crippen molar-refractivity contribution >= 4 is 17.6 Å². The molecule has 0 spiro atoms. The maximum Gasteiger partial charge on any atom is 0.323 e. The molecule has 2 N–H and O–H groups in total. The molecule has 1 saturated carbocycles. The van der Waals surface area contributed by atoms with Crippen LogP contribution in [0.4, 0.5) is 5.69 Å². The largest absolute Gasteiger partial charge is 0.508 e. The van der Waals surface area contributed by atoms with Crippen molar-refractivity contribution < 1.29 is 19.8 Å². The van der Waals surface area contributed by atoms with Crippen molar-refractivity contribution in [2.24, 2.45) is 5.41 Å². The van der Waals surface area contributed by atoms with Crippen LogP contribution in [0.15, 0.2) is 24.3 Å². The van der Waals surface area contributed by atoms with E-state index in [1.54, 1.807) is 12.1 Å².